The molecule has 0 aromatic heterocycles. The molecule has 1 aromatic rings. The third-order valence-corrected chi connectivity index (χ3v) is 2.84. The standard InChI is InChI=1S/C13H16O3/c1-2-16-13(15)12-6-5-10(9-3-4-9)7-11(12)8-14/h5-7,9,14H,2-4,8H2,1H3. The Morgan fingerprint density at radius 2 is 2.25 bits per heavy atom. The SMILES string of the molecule is CCOC(=O)c1ccc(C2CC2)cc1CO. The van der Waals surface area contributed by atoms with Crippen molar-refractivity contribution in [1.29, 1.82) is 0 Å². The molecule has 1 aromatic carbocycles. The van der Waals surface area contributed by atoms with Crippen LogP contribution in [0.1, 0.15) is 47.2 Å². The van der Waals surface area contributed by atoms with E-state index in [0.717, 1.165) is 0 Å². The van der Waals surface area contributed by atoms with Crippen LogP contribution in [-0.2, 0) is 11.3 Å². The van der Waals surface area contributed by atoms with E-state index in [4.69, 9.17) is 4.74 Å². The second kappa shape index (κ2) is 4.66. The summed E-state index contributed by atoms with van der Waals surface area (Å²) < 4.78 is 4.94. The topological polar surface area (TPSA) is 46.5 Å². The average Bonchev–Trinajstić information content (AvgIpc) is 3.12. The van der Waals surface area contributed by atoms with Gasteiger partial charge in [-0.05, 0) is 42.9 Å². The molecule has 1 aliphatic carbocycles. The minimum absolute atomic E-state index is 0.116. The average molecular weight is 220 g/mol. The monoisotopic (exact) mass is 220 g/mol. The lowest BCUT2D eigenvalue weighted by atomic mass is 10.0. The molecule has 0 bridgehead atoms. The zero-order valence-electron chi connectivity index (χ0n) is 9.40. The Morgan fingerprint density at radius 3 is 2.81 bits per heavy atom. The van der Waals surface area contributed by atoms with Gasteiger partial charge >= 0.3 is 5.97 Å². The van der Waals surface area contributed by atoms with Crippen LogP contribution in [0.5, 0.6) is 0 Å². The number of carbonyl (C=O) groups excluding carboxylic acids is 1. The quantitative estimate of drug-likeness (QED) is 0.791. The van der Waals surface area contributed by atoms with Crippen LogP contribution < -0.4 is 0 Å². The number of ether oxygens (including phenoxy) is 1. The van der Waals surface area contributed by atoms with Gasteiger partial charge in [0.1, 0.15) is 0 Å². The molecule has 16 heavy (non-hydrogen) atoms. The lowest BCUT2D eigenvalue weighted by Crippen LogP contribution is -2.08. The van der Waals surface area contributed by atoms with Crippen molar-refractivity contribution in [3.05, 3.63) is 34.9 Å². The minimum atomic E-state index is -0.353. The molecule has 0 atom stereocenters. The molecule has 0 heterocycles. The highest BCUT2D eigenvalue weighted by molar-refractivity contribution is 5.91. The Kier molecular flexibility index (Phi) is 3.25. The maximum atomic E-state index is 11.6. The van der Waals surface area contributed by atoms with Gasteiger partial charge in [0.2, 0.25) is 0 Å². The fourth-order valence-corrected chi connectivity index (χ4v) is 1.82. The first kappa shape index (κ1) is 11.1. The molecule has 1 saturated carbocycles. The summed E-state index contributed by atoms with van der Waals surface area (Å²) in [6, 6.07) is 5.64. The first-order chi connectivity index (χ1) is 7.76. The molecule has 1 fully saturated rings. The largest absolute Gasteiger partial charge is 0.462 e. The van der Waals surface area contributed by atoms with E-state index in [0.29, 0.717) is 23.7 Å². The molecule has 0 unspecified atom stereocenters. The summed E-state index contributed by atoms with van der Waals surface area (Å²) in [6.45, 7) is 2.01. The van der Waals surface area contributed by atoms with Crippen LogP contribution in [0.3, 0.4) is 0 Å². The third kappa shape index (κ3) is 2.25. The van der Waals surface area contributed by atoms with E-state index < -0.39 is 0 Å². The molecule has 0 radical (unpaired) electrons. The van der Waals surface area contributed by atoms with E-state index in [1.807, 2.05) is 12.1 Å². The normalized spacial score (nSPS) is 14.9. The number of aliphatic hydroxyl groups is 1. The summed E-state index contributed by atoms with van der Waals surface area (Å²) >= 11 is 0. The van der Waals surface area contributed by atoms with Crippen LogP contribution in [0.2, 0.25) is 0 Å². The molecule has 0 aliphatic heterocycles. The Bertz CT molecular complexity index is 394. The number of carbonyl (C=O) groups is 1. The molecule has 3 heteroatoms. The van der Waals surface area contributed by atoms with Crippen molar-refractivity contribution >= 4 is 5.97 Å². The van der Waals surface area contributed by atoms with Gasteiger partial charge in [-0.25, -0.2) is 4.79 Å². The zero-order chi connectivity index (χ0) is 11.5. The van der Waals surface area contributed by atoms with Gasteiger partial charge in [0.15, 0.2) is 0 Å². The second-order valence-corrected chi connectivity index (χ2v) is 4.07. The van der Waals surface area contributed by atoms with Gasteiger partial charge < -0.3 is 9.84 Å². The van der Waals surface area contributed by atoms with Crippen molar-refractivity contribution in [2.45, 2.75) is 32.3 Å². The molecule has 0 spiro atoms. The van der Waals surface area contributed by atoms with Gasteiger partial charge in [0.05, 0.1) is 18.8 Å². The van der Waals surface area contributed by atoms with Gasteiger partial charge in [-0.3, -0.25) is 0 Å². The summed E-state index contributed by atoms with van der Waals surface area (Å²) in [7, 11) is 0. The molecule has 1 aliphatic rings. The van der Waals surface area contributed by atoms with E-state index in [9.17, 15) is 9.90 Å². The molecule has 86 valence electrons. The molecule has 0 saturated heterocycles. The predicted molar refractivity (Wildman–Crippen MR) is 60.3 cm³/mol. The Hall–Kier alpha value is -1.35. The van der Waals surface area contributed by atoms with Crippen molar-refractivity contribution in [3.8, 4) is 0 Å². The Labute approximate surface area is 95.0 Å². The first-order valence-electron chi connectivity index (χ1n) is 5.67. The molecule has 3 nitrogen and oxygen atoms in total. The van der Waals surface area contributed by atoms with Gasteiger partial charge in [-0.15, -0.1) is 0 Å². The van der Waals surface area contributed by atoms with Crippen LogP contribution in [0, 0.1) is 0 Å². The highest BCUT2D eigenvalue weighted by Gasteiger charge is 2.24. The number of hydrogen-bond acceptors (Lipinski definition) is 3. The van der Waals surface area contributed by atoms with Crippen LogP contribution in [-0.4, -0.2) is 17.7 Å². The fourth-order valence-electron chi connectivity index (χ4n) is 1.82. The maximum Gasteiger partial charge on any atom is 0.338 e. The first-order valence-corrected chi connectivity index (χ1v) is 5.67. The Morgan fingerprint density at radius 1 is 1.50 bits per heavy atom. The van der Waals surface area contributed by atoms with Crippen molar-refractivity contribution in [3.63, 3.8) is 0 Å². The fraction of sp³-hybridized carbons (Fsp3) is 0.462. The van der Waals surface area contributed by atoms with E-state index in [1.165, 1.54) is 18.4 Å². The van der Waals surface area contributed by atoms with Crippen LogP contribution >= 0.6 is 0 Å². The van der Waals surface area contributed by atoms with E-state index in [2.05, 4.69) is 0 Å². The predicted octanol–water partition coefficient (Wildman–Crippen LogP) is 2.23. The highest BCUT2D eigenvalue weighted by atomic mass is 16.5. The number of esters is 1. The van der Waals surface area contributed by atoms with Crippen molar-refractivity contribution in [1.82, 2.24) is 0 Å². The van der Waals surface area contributed by atoms with Crippen molar-refractivity contribution in [2.75, 3.05) is 6.61 Å². The number of benzene rings is 1. The number of aliphatic hydroxyl groups excluding tert-OH is 1. The lowest BCUT2D eigenvalue weighted by Gasteiger charge is -2.08. The van der Waals surface area contributed by atoms with Gasteiger partial charge in [0, 0.05) is 0 Å². The second-order valence-electron chi connectivity index (χ2n) is 4.07. The minimum Gasteiger partial charge on any atom is -0.462 e. The summed E-state index contributed by atoms with van der Waals surface area (Å²) in [5, 5.41) is 9.25. The summed E-state index contributed by atoms with van der Waals surface area (Å²) in [4.78, 5) is 11.6. The van der Waals surface area contributed by atoms with Crippen molar-refractivity contribution in [2.24, 2.45) is 0 Å². The Balaban J connectivity index is 2.26. The van der Waals surface area contributed by atoms with Crippen LogP contribution in [0.15, 0.2) is 18.2 Å². The molecule has 0 amide bonds. The van der Waals surface area contributed by atoms with Crippen LogP contribution in [0.25, 0.3) is 0 Å². The summed E-state index contributed by atoms with van der Waals surface area (Å²) in [5.41, 5.74) is 2.37. The molecular weight excluding hydrogens is 204 g/mol. The van der Waals surface area contributed by atoms with Crippen molar-refractivity contribution < 1.29 is 14.6 Å². The van der Waals surface area contributed by atoms with Gasteiger partial charge in [0.25, 0.3) is 0 Å². The number of hydrogen-bond donors (Lipinski definition) is 1. The van der Waals surface area contributed by atoms with E-state index in [-0.39, 0.29) is 12.6 Å². The smallest absolute Gasteiger partial charge is 0.338 e. The lowest BCUT2D eigenvalue weighted by molar-refractivity contribution is 0.0523. The molecule has 2 rings (SSSR count). The van der Waals surface area contributed by atoms with Crippen LogP contribution in [0.4, 0.5) is 0 Å². The summed E-state index contributed by atoms with van der Waals surface area (Å²) in [5.74, 6) is 0.274. The van der Waals surface area contributed by atoms with Gasteiger partial charge in [-0.1, -0.05) is 12.1 Å². The molecule has 1 N–H and O–H groups in total. The third-order valence-electron chi connectivity index (χ3n) is 2.84. The number of rotatable bonds is 4. The zero-order valence-corrected chi connectivity index (χ0v) is 9.40. The molecular formula is C13H16O3. The summed E-state index contributed by atoms with van der Waals surface area (Å²) in [6.07, 6.45) is 2.42. The highest BCUT2D eigenvalue weighted by Crippen LogP contribution is 2.40. The van der Waals surface area contributed by atoms with Gasteiger partial charge in [-0.2, -0.15) is 0 Å². The van der Waals surface area contributed by atoms with E-state index in [1.54, 1.807) is 13.0 Å². The van der Waals surface area contributed by atoms with E-state index >= 15 is 0 Å². The maximum absolute atomic E-state index is 11.6.